The summed E-state index contributed by atoms with van der Waals surface area (Å²) >= 11 is 24.3. The van der Waals surface area contributed by atoms with Gasteiger partial charge in [-0.15, -0.1) is 11.8 Å². The summed E-state index contributed by atoms with van der Waals surface area (Å²) in [6, 6.07) is 0. The van der Waals surface area contributed by atoms with E-state index in [9.17, 15) is 0 Å². The highest BCUT2D eigenvalue weighted by Gasteiger charge is 2.51. The van der Waals surface area contributed by atoms with Gasteiger partial charge in [-0.1, -0.05) is 46.4 Å². The number of hydrogen-bond acceptors (Lipinski definition) is 1. The number of halogens is 4. The molecule has 0 spiro atoms. The molecule has 0 N–H and O–H groups in total. The minimum atomic E-state index is -1.02. The Morgan fingerprint density at radius 2 is 1.67 bits per heavy atom. The molecule has 1 fully saturated rings. The lowest BCUT2D eigenvalue weighted by Crippen LogP contribution is -2.26. The van der Waals surface area contributed by atoms with E-state index in [1.54, 1.807) is 0 Å². The van der Waals surface area contributed by atoms with Crippen molar-refractivity contribution in [3.63, 3.8) is 0 Å². The average Bonchev–Trinajstić information content (AvgIpc) is 1.81. The van der Waals surface area contributed by atoms with Gasteiger partial charge in [0.15, 0.2) is 8.00 Å². The number of hydrogen-bond donors (Lipinski definition) is 0. The molecule has 0 unspecified atom stereocenters. The molecule has 1 rings (SSSR count). The van der Waals surface area contributed by atoms with Crippen molar-refractivity contribution in [1.82, 2.24) is 0 Å². The zero-order valence-corrected chi connectivity index (χ0v) is 8.17. The van der Waals surface area contributed by atoms with Gasteiger partial charge in [0, 0.05) is 0 Å². The molecule has 0 aliphatic carbocycles. The molecule has 0 nitrogen and oxygen atoms in total. The first-order chi connectivity index (χ1) is 3.96. The lowest BCUT2D eigenvalue weighted by molar-refractivity contribution is 0.815. The summed E-state index contributed by atoms with van der Waals surface area (Å²) in [5.41, 5.74) is 0. The third-order valence-corrected chi connectivity index (χ3v) is 5.10. The largest absolute Gasteiger partial charge is 0.196 e. The van der Waals surface area contributed by atoms with Crippen LogP contribution in [0.25, 0.3) is 0 Å². The highest BCUT2D eigenvalue weighted by atomic mass is 35.5. The van der Waals surface area contributed by atoms with Gasteiger partial charge in [0.2, 0.25) is 0 Å². The quantitative estimate of drug-likeness (QED) is 0.570. The number of thioether (sulfide) groups is 1. The van der Waals surface area contributed by atoms with Crippen molar-refractivity contribution in [2.45, 2.75) is 14.4 Å². The normalized spacial score (nSPS) is 30.7. The van der Waals surface area contributed by atoms with Crippen molar-refractivity contribution >= 4 is 58.2 Å². The monoisotopic (exact) mass is 224 g/mol. The molecule has 0 aromatic carbocycles. The van der Waals surface area contributed by atoms with Crippen molar-refractivity contribution in [2.24, 2.45) is 0 Å². The second-order valence-corrected chi connectivity index (χ2v) is 6.39. The maximum absolute atomic E-state index is 5.74. The molecule has 1 saturated heterocycles. The van der Waals surface area contributed by atoms with E-state index in [1.165, 1.54) is 11.8 Å². The predicted molar refractivity (Wildman–Crippen MR) is 45.9 cm³/mol. The minimum Gasteiger partial charge on any atom is -0.120 e. The summed E-state index contributed by atoms with van der Waals surface area (Å²) in [6.07, 6.45) is 0.647. The van der Waals surface area contributed by atoms with E-state index in [0.717, 1.165) is 5.75 Å². The van der Waals surface area contributed by atoms with Crippen LogP contribution in [-0.2, 0) is 0 Å². The van der Waals surface area contributed by atoms with Crippen LogP contribution in [0.3, 0.4) is 0 Å². The van der Waals surface area contributed by atoms with Crippen LogP contribution in [0.15, 0.2) is 0 Å². The van der Waals surface area contributed by atoms with Gasteiger partial charge in [0.05, 0.1) is 0 Å². The van der Waals surface area contributed by atoms with E-state index < -0.39 is 8.00 Å². The molecule has 1 aliphatic rings. The van der Waals surface area contributed by atoms with Gasteiger partial charge in [0.25, 0.3) is 0 Å². The molecule has 0 atom stereocenters. The second-order valence-electron chi connectivity index (χ2n) is 1.82. The molecule has 0 aromatic rings. The summed E-state index contributed by atoms with van der Waals surface area (Å²) in [5, 5.41) is 0. The fourth-order valence-corrected chi connectivity index (χ4v) is 2.93. The summed E-state index contributed by atoms with van der Waals surface area (Å²) in [6.45, 7) is 0. The van der Waals surface area contributed by atoms with Gasteiger partial charge in [-0.05, 0) is 12.2 Å². The fraction of sp³-hybridized carbons (Fsp3) is 1.00. The van der Waals surface area contributed by atoms with E-state index in [2.05, 4.69) is 0 Å². The van der Waals surface area contributed by atoms with Crippen molar-refractivity contribution in [3.8, 4) is 0 Å². The first-order valence-corrected chi connectivity index (χ1v) is 4.85. The van der Waals surface area contributed by atoms with Gasteiger partial charge in [0.1, 0.15) is 0 Å². The van der Waals surface area contributed by atoms with Gasteiger partial charge >= 0.3 is 0 Å². The average molecular weight is 226 g/mol. The van der Waals surface area contributed by atoms with Gasteiger partial charge in [-0.2, -0.15) is 0 Å². The van der Waals surface area contributed by atoms with Gasteiger partial charge in [-0.25, -0.2) is 0 Å². The van der Waals surface area contributed by atoms with Crippen LogP contribution in [0.4, 0.5) is 0 Å². The first-order valence-electron chi connectivity index (χ1n) is 2.35. The molecule has 54 valence electrons. The summed E-state index contributed by atoms with van der Waals surface area (Å²) in [5.74, 6) is 0.819. The van der Waals surface area contributed by atoms with Crippen molar-refractivity contribution in [1.29, 1.82) is 0 Å². The topological polar surface area (TPSA) is 0 Å². The molecule has 1 heterocycles. The summed E-state index contributed by atoms with van der Waals surface area (Å²) in [4.78, 5) is 0. The Balaban J connectivity index is 2.75. The van der Waals surface area contributed by atoms with E-state index in [1.807, 2.05) is 0 Å². The Morgan fingerprint density at radius 3 is 1.78 bits per heavy atom. The Labute approximate surface area is 78.2 Å². The maximum atomic E-state index is 5.74. The van der Waals surface area contributed by atoms with Crippen LogP contribution < -0.4 is 0 Å². The standard InChI is InChI=1S/C4H4Cl4S/c5-3(6)1-2-9-4(3,7)8/h1-2H2. The summed E-state index contributed by atoms with van der Waals surface area (Å²) < 4.78 is -1.99. The Bertz CT molecular complexity index is 108. The lowest BCUT2D eigenvalue weighted by atomic mass is 10.4. The van der Waals surface area contributed by atoms with E-state index in [0.29, 0.717) is 6.42 Å². The second kappa shape index (κ2) is 2.53. The smallest absolute Gasteiger partial charge is 0.120 e. The molecular weight excluding hydrogens is 222 g/mol. The van der Waals surface area contributed by atoms with Crippen LogP contribution in [0, 0.1) is 0 Å². The third kappa shape index (κ3) is 1.57. The molecule has 1 aliphatic heterocycles. The highest BCUT2D eigenvalue weighted by molar-refractivity contribution is 8.03. The van der Waals surface area contributed by atoms with Crippen molar-refractivity contribution < 1.29 is 0 Å². The van der Waals surface area contributed by atoms with Crippen LogP contribution in [0.2, 0.25) is 0 Å². The van der Waals surface area contributed by atoms with Crippen LogP contribution in [-0.4, -0.2) is 13.8 Å². The molecule has 0 bridgehead atoms. The minimum absolute atomic E-state index is 0.647. The van der Waals surface area contributed by atoms with E-state index in [-0.39, 0.29) is 0 Å². The predicted octanol–water partition coefficient (Wildman–Crippen LogP) is 3.43. The summed E-state index contributed by atoms with van der Waals surface area (Å²) in [7, 11) is 0. The number of rotatable bonds is 0. The Morgan fingerprint density at radius 1 is 1.11 bits per heavy atom. The number of alkyl halides is 4. The van der Waals surface area contributed by atoms with Gasteiger partial charge < -0.3 is 0 Å². The highest BCUT2D eigenvalue weighted by Crippen LogP contribution is 2.57. The van der Waals surface area contributed by atoms with Crippen LogP contribution in [0.5, 0.6) is 0 Å². The maximum Gasteiger partial charge on any atom is 0.196 e. The Kier molecular flexibility index (Phi) is 2.42. The van der Waals surface area contributed by atoms with E-state index >= 15 is 0 Å². The lowest BCUT2D eigenvalue weighted by Gasteiger charge is -2.22. The molecule has 9 heavy (non-hydrogen) atoms. The molecule has 0 amide bonds. The molecule has 5 heteroatoms. The zero-order valence-electron chi connectivity index (χ0n) is 4.33. The van der Waals surface area contributed by atoms with Crippen molar-refractivity contribution in [2.75, 3.05) is 5.75 Å². The van der Waals surface area contributed by atoms with E-state index in [4.69, 9.17) is 46.4 Å². The van der Waals surface area contributed by atoms with Gasteiger partial charge in [-0.3, -0.25) is 0 Å². The molecule has 0 radical (unpaired) electrons. The first kappa shape index (κ1) is 8.61. The molecular formula is C4H4Cl4S. The SMILES string of the molecule is ClC1(Cl)CCSC1(Cl)Cl. The third-order valence-electron chi connectivity index (χ3n) is 1.13. The fourth-order valence-electron chi connectivity index (χ4n) is 0.559. The van der Waals surface area contributed by atoms with Crippen molar-refractivity contribution in [3.05, 3.63) is 0 Å². The molecule has 0 saturated carbocycles. The van der Waals surface area contributed by atoms with Crippen LogP contribution in [0.1, 0.15) is 6.42 Å². The van der Waals surface area contributed by atoms with Crippen LogP contribution >= 0.6 is 58.2 Å². The molecule has 0 aromatic heterocycles. The Hall–Kier alpha value is 1.51. The zero-order chi connectivity index (χ0) is 7.12.